The van der Waals surface area contributed by atoms with Gasteiger partial charge in [0.25, 0.3) is 5.91 Å². The number of nitrogens with one attached hydrogen (secondary N) is 1. The summed E-state index contributed by atoms with van der Waals surface area (Å²) in [5.74, 6) is -2.46. The van der Waals surface area contributed by atoms with Crippen LogP contribution in [-0.2, 0) is 19.1 Å². The summed E-state index contributed by atoms with van der Waals surface area (Å²) in [6.07, 6.45) is -0.0448. The van der Waals surface area contributed by atoms with Gasteiger partial charge in [0.1, 0.15) is 12.2 Å². The summed E-state index contributed by atoms with van der Waals surface area (Å²) in [5, 5.41) is 10.1. The second kappa shape index (κ2) is 11.2. The van der Waals surface area contributed by atoms with Gasteiger partial charge in [0.15, 0.2) is 0 Å². The van der Waals surface area contributed by atoms with Crippen LogP contribution in [0.2, 0.25) is 0 Å². The average Bonchev–Trinajstić information content (AvgIpc) is 3.15. The second-order valence-electron chi connectivity index (χ2n) is 7.37. The van der Waals surface area contributed by atoms with Gasteiger partial charge in [0, 0.05) is 37.7 Å². The Morgan fingerprint density at radius 3 is 2.50 bits per heavy atom. The van der Waals surface area contributed by atoms with Gasteiger partial charge in [-0.05, 0) is 37.8 Å². The molecular formula is C20H26F3N3O6. The molecule has 0 bridgehead atoms. The number of alkyl halides is 3. The molecule has 9 nitrogen and oxygen atoms in total. The number of hydrogen-bond donors (Lipinski definition) is 2. The lowest BCUT2D eigenvalue weighted by Gasteiger charge is -2.50. The summed E-state index contributed by atoms with van der Waals surface area (Å²) in [6, 6.07) is 3.40. The van der Waals surface area contributed by atoms with E-state index in [-0.39, 0.29) is 24.0 Å². The van der Waals surface area contributed by atoms with Crippen molar-refractivity contribution < 1.29 is 42.1 Å². The van der Waals surface area contributed by atoms with Crippen LogP contribution in [0.3, 0.4) is 0 Å². The Balaban J connectivity index is 0.000000451. The SMILES string of the molecule is CCOCC(=O)N1CC2(C1)OCCC2CCNC(=O)c1ccncc1.O=C(O)C(F)(F)F. The molecule has 1 spiro atoms. The molecule has 1 unspecified atom stereocenters. The molecule has 3 rings (SSSR count). The van der Waals surface area contributed by atoms with E-state index in [2.05, 4.69) is 10.3 Å². The topological polar surface area (TPSA) is 118 Å². The lowest BCUT2D eigenvalue weighted by Crippen LogP contribution is -2.66. The number of carbonyl (C=O) groups is 3. The molecule has 1 aromatic heterocycles. The fraction of sp³-hybridized carbons (Fsp3) is 0.600. The molecule has 2 saturated heterocycles. The minimum atomic E-state index is -5.08. The number of pyridine rings is 1. The summed E-state index contributed by atoms with van der Waals surface area (Å²) in [5.41, 5.74) is 0.382. The number of likely N-dealkylation sites (tertiary alicyclic amines) is 1. The Morgan fingerprint density at radius 1 is 1.31 bits per heavy atom. The molecule has 3 heterocycles. The van der Waals surface area contributed by atoms with Crippen molar-refractivity contribution in [2.24, 2.45) is 5.92 Å². The van der Waals surface area contributed by atoms with Crippen molar-refractivity contribution in [2.75, 3.05) is 39.5 Å². The Kier molecular flexibility index (Phi) is 8.96. The standard InChI is InChI=1S/C18H25N3O4.C2HF3O2/c1-2-24-11-16(22)21-12-18(13-21)15(6-10-25-18)5-9-20-17(23)14-3-7-19-8-4-14;3-2(4,5)1(6)7/h3-4,7-8,15H,2,5-6,9-13H2,1H3,(H,20,23);(H,6,7). The van der Waals surface area contributed by atoms with Crippen LogP contribution >= 0.6 is 0 Å². The van der Waals surface area contributed by atoms with Crippen molar-refractivity contribution >= 4 is 17.8 Å². The van der Waals surface area contributed by atoms with Gasteiger partial charge in [0.2, 0.25) is 5.91 Å². The van der Waals surface area contributed by atoms with E-state index in [1.165, 1.54) is 0 Å². The minimum absolute atomic E-state index is 0.0210. The van der Waals surface area contributed by atoms with Crippen LogP contribution in [0.25, 0.3) is 0 Å². The highest BCUT2D eigenvalue weighted by Crippen LogP contribution is 2.41. The molecule has 1 atom stereocenters. The largest absolute Gasteiger partial charge is 0.490 e. The van der Waals surface area contributed by atoms with E-state index >= 15 is 0 Å². The van der Waals surface area contributed by atoms with E-state index in [0.717, 1.165) is 19.4 Å². The third kappa shape index (κ3) is 6.89. The van der Waals surface area contributed by atoms with Gasteiger partial charge < -0.3 is 24.8 Å². The van der Waals surface area contributed by atoms with Gasteiger partial charge in [-0.1, -0.05) is 0 Å². The molecule has 0 saturated carbocycles. The number of carbonyl (C=O) groups excluding carboxylic acids is 2. The molecule has 2 N–H and O–H groups in total. The zero-order chi connectivity index (χ0) is 23.8. The molecule has 2 amide bonds. The first-order valence-electron chi connectivity index (χ1n) is 10.1. The fourth-order valence-electron chi connectivity index (χ4n) is 3.56. The fourth-order valence-corrected chi connectivity index (χ4v) is 3.56. The number of aliphatic carboxylic acids is 1. The number of ether oxygens (including phenoxy) is 2. The van der Waals surface area contributed by atoms with Crippen LogP contribution in [-0.4, -0.2) is 84.0 Å². The lowest BCUT2D eigenvalue weighted by molar-refractivity contribution is -0.192. The van der Waals surface area contributed by atoms with Crippen molar-refractivity contribution in [3.8, 4) is 0 Å². The second-order valence-corrected chi connectivity index (χ2v) is 7.37. The van der Waals surface area contributed by atoms with E-state index < -0.39 is 12.1 Å². The molecule has 178 valence electrons. The first-order valence-corrected chi connectivity index (χ1v) is 10.1. The highest BCUT2D eigenvalue weighted by molar-refractivity contribution is 5.93. The molecule has 0 aromatic carbocycles. The predicted molar refractivity (Wildman–Crippen MR) is 105 cm³/mol. The Labute approximate surface area is 182 Å². The van der Waals surface area contributed by atoms with E-state index in [1.54, 1.807) is 29.4 Å². The van der Waals surface area contributed by atoms with Crippen LogP contribution in [0.4, 0.5) is 13.2 Å². The zero-order valence-electron chi connectivity index (χ0n) is 17.6. The number of amides is 2. The number of rotatable bonds is 7. The van der Waals surface area contributed by atoms with Crippen LogP contribution in [0.15, 0.2) is 24.5 Å². The van der Waals surface area contributed by atoms with Crippen molar-refractivity contribution in [2.45, 2.75) is 31.5 Å². The Hall–Kier alpha value is -2.73. The maximum atomic E-state index is 12.1. The molecule has 32 heavy (non-hydrogen) atoms. The molecule has 2 aliphatic rings. The third-order valence-electron chi connectivity index (χ3n) is 5.26. The van der Waals surface area contributed by atoms with E-state index in [1.807, 2.05) is 6.92 Å². The number of carboxylic acids is 1. The zero-order valence-corrected chi connectivity index (χ0v) is 17.6. The summed E-state index contributed by atoms with van der Waals surface area (Å²) >= 11 is 0. The molecule has 2 fully saturated rings. The summed E-state index contributed by atoms with van der Waals surface area (Å²) < 4.78 is 42.9. The van der Waals surface area contributed by atoms with Gasteiger partial charge in [-0.2, -0.15) is 13.2 Å². The van der Waals surface area contributed by atoms with Crippen LogP contribution < -0.4 is 5.32 Å². The maximum Gasteiger partial charge on any atom is 0.490 e. The van der Waals surface area contributed by atoms with Gasteiger partial charge in [0.05, 0.1) is 13.1 Å². The van der Waals surface area contributed by atoms with E-state index in [0.29, 0.717) is 37.7 Å². The van der Waals surface area contributed by atoms with E-state index in [9.17, 15) is 22.8 Å². The normalized spacial score (nSPS) is 19.0. The summed E-state index contributed by atoms with van der Waals surface area (Å²) in [7, 11) is 0. The van der Waals surface area contributed by atoms with Crippen molar-refractivity contribution in [3.05, 3.63) is 30.1 Å². The van der Waals surface area contributed by atoms with Crippen LogP contribution in [0.1, 0.15) is 30.1 Å². The quantitative estimate of drug-likeness (QED) is 0.632. The molecule has 12 heteroatoms. The smallest absolute Gasteiger partial charge is 0.475 e. The van der Waals surface area contributed by atoms with E-state index in [4.69, 9.17) is 19.4 Å². The van der Waals surface area contributed by atoms with Crippen LogP contribution in [0.5, 0.6) is 0 Å². The van der Waals surface area contributed by atoms with Gasteiger partial charge in [-0.15, -0.1) is 0 Å². The highest BCUT2D eigenvalue weighted by Gasteiger charge is 2.53. The number of hydrogen-bond acceptors (Lipinski definition) is 6. The van der Waals surface area contributed by atoms with Gasteiger partial charge >= 0.3 is 12.1 Å². The monoisotopic (exact) mass is 461 g/mol. The van der Waals surface area contributed by atoms with Crippen molar-refractivity contribution in [3.63, 3.8) is 0 Å². The van der Waals surface area contributed by atoms with Crippen LogP contribution in [0, 0.1) is 5.92 Å². The molecule has 1 aromatic rings. The number of nitrogens with zero attached hydrogens (tertiary/aromatic N) is 2. The maximum absolute atomic E-state index is 12.1. The Bertz CT molecular complexity index is 785. The first kappa shape index (κ1) is 25.5. The lowest BCUT2D eigenvalue weighted by atomic mass is 9.79. The van der Waals surface area contributed by atoms with Gasteiger partial charge in [-0.3, -0.25) is 14.6 Å². The summed E-state index contributed by atoms with van der Waals surface area (Å²) in [4.78, 5) is 38.6. The first-order chi connectivity index (χ1) is 15.1. The third-order valence-corrected chi connectivity index (χ3v) is 5.26. The minimum Gasteiger partial charge on any atom is -0.475 e. The molecule has 0 radical (unpaired) electrons. The van der Waals surface area contributed by atoms with Gasteiger partial charge in [-0.25, -0.2) is 4.79 Å². The molecule has 0 aliphatic carbocycles. The summed E-state index contributed by atoms with van der Waals surface area (Å²) in [6.45, 7) is 5.13. The average molecular weight is 461 g/mol. The highest BCUT2D eigenvalue weighted by atomic mass is 19.4. The number of carboxylic acid groups (broad SMARTS) is 1. The molecule has 2 aliphatic heterocycles. The predicted octanol–water partition coefficient (Wildman–Crippen LogP) is 1.49. The number of aromatic nitrogens is 1. The molecular weight excluding hydrogens is 435 g/mol. The number of halogens is 3. The van der Waals surface area contributed by atoms with Crippen molar-refractivity contribution in [1.29, 1.82) is 0 Å². The van der Waals surface area contributed by atoms with Crippen molar-refractivity contribution in [1.82, 2.24) is 15.2 Å². The Morgan fingerprint density at radius 2 is 1.94 bits per heavy atom.